The molecule has 1 fully saturated rings. The van der Waals surface area contributed by atoms with Crippen molar-refractivity contribution in [1.82, 2.24) is 15.1 Å². The first kappa shape index (κ1) is 17.4. The summed E-state index contributed by atoms with van der Waals surface area (Å²) in [5.41, 5.74) is 5.94. The predicted molar refractivity (Wildman–Crippen MR) is 83.6 cm³/mol. The molecule has 1 aliphatic heterocycles. The van der Waals surface area contributed by atoms with Crippen LogP contribution >= 0.6 is 0 Å². The number of nitrogens with two attached hydrogens (primary N) is 1. The fourth-order valence-corrected chi connectivity index (χ4v) is 2.46. The Hall–Kier alpha value is -0.650. The fourth-order valence-electron chi connectivity index (χ4n) is 2.46. The summed E-state index contributed by atoms with van der Waals surface area (Å²) in [7, 11) is 2.15. The van der Waals surface area contributed by atoms with Gasteiger partial charge in [0.15, 0.2) is 0 Å². The van der Waals surface area contributed by atoms with Crippen LogP contribution in [0.25, 0.3) is 0 Å². The Morgan fingerprint density at radius 1 is 1.30 bits per heavy atom. The third-order valence-corrected chi connectivity index (χ3v) is 4.61. The van der Waals surface area contributed by atoms with E-state index in [2.05, 4.69) is 42.9 Å². The van der Waals surface area contributed by atoms with Gasteiger partial charge < -0.3 is 16.0 Å². The zero-order chi connectivity index (χ0) is 15.3. The molecule has 1 saturated heterocycles. The van der Waals surface area contributed by atoms with E-state index < -0.39 is 6.04 Å². The molecule has 0 bridgehead atoms. The van der Waals surface area contributed by atoms with Gasteiger partial charge in [0.25, 0.3) is 0 Å². The molecule has 0 aliphatic carbocycles. The molecule has 118 valence electrons. The minimum atomic E-state index is -0.400. The molecule has 0 spiro atoms. The molecule has 20 heavy (non-hydrogen) atoms. The number of hydrogen-bond acceptors (Lipinski definition) is 4. The van der Waals surface area contributed by atoms with Crippen molar-refractivity contribution in [2.24, 2.45) is 11.7 Å². The smallest absolute Gasteiger partial charge is 0.237 e. The number of nitrogens with one attached hydrogen (secondary N) is 1. The minimum Gasteiger partial charge on any atom is -0.353 e. The van der Waals surface area contributed by atoms with E-state index >= 15 is 0 Å². The zero-order valence-corrected chi connectivity index (χ0v) is 13.8. The van der Waals surface area contributed by atoms with Gasteiger partial charge in [0.2, 0.25) is 5.91 Å². The van der Waals surface area contributed by atoms with Crippen molar-refractivity contribution in [1.29, 1.82) is 0 Å². The highest BCUT2D eigenvalue weighted by molar-refractivity contribution is 5.81. The molecule has 0 aromatic heterocycles. The van der Waals surface area contributed by atoms with E-state index in [9.17, 15) is 4.79 Å². The largest absolute Gasteiger partial charge is 0.353 e. The van der Waals surface area contributed by atoms with Crippen molar-refractivity contribution < 1.29 is 4.79 Å². The van der Waals surface area contributed by atoms with E-state index in [1.165, 1.54) is 0 Å². The van der Waals surface area contributed by atoms with Crippen LogP contribution in [0.3, 0.4) is 0 Å². The van der Waals surface area contributed by atoms with E-state index in [4.69, 9.17) is 5.73 Å². The summed E-state index contributed by atoms with van der Waals surface area (Å²) >= 11 is 0. The molecule has 2 atom stereocenters. The maximum Gasteiger partial charge on any atom is 0.237 e. The Kier molecular flexibility index (Phi) is 6.43. The highest BCUT2D eigenvalue weighted by Gasteiger charge is 2.30. The first-order valence-electron chi connectivity index (χ1n) is 7.75. The number of likely N-dealkylation sites (N-methyl/N-ethyl adjacent to an activating group) is 1. The maximum absolute atomic E-state index is 12.1. The van der Waals surface area contributed by atoms with Gasteiger partial charge in [-0.05, 0) is 26.8 Å². The van der Waals surface area contributed by atoms with Crippen LogP contribution in [-0.4, -0.2) is 67.1 Å². The van der Waals surface area contributed by atoms with Gasteiger partial charge in [-0.3, -0.25) is 9.69 Å². The van der Waals surface area contributed by atoms with E-state index in [-0.39, 0.29) is 17.4 Å². The molecule has 5 nitrogen and oxygen atoms in total. The van der Waals surface area contributed by atoms with Gasteiger partial charge in [0.05, 0.1) is 6.04 Å². The number of carbonyl (C=O) groups excluding carboxylic acids is 1. The number of hydrogen-bond donors (Lipinski definition) is 2. The van der Waals surface area contributed by atoms with Gasteiger partial charge in [0, 0.05) is 38.3 Å². The average molecular weight is 284 g/mol. The lowest BCUT2D eigenvalue weighted by molar-refractivity contribution is -0.124. The molecule has 1 amide bonds. The summed E-state index contributed by atoms with van der Waals surface area (Å²) in [5.74, 6) is 0.198. The van der Waals surface area contributed by atoms with E-state index in [1.54, 1.807) is 0 Å². The van der Waals surface area contributed by atoms with Crippen molar-refractivity contribution in [2.45, 2.75) is 45.7 Å². The number of nitrogens with zero attached hydrogens (tertiary/aromatic N) is 2. The quantitative estimate of drug-likeness (QED) is 0.746. The molecule has 0 unspecified atom stereocenters. The van der Waals surface area contributed by atoms with Crippen LogP contribution < -0.4 is 11.1 Å². The summed E-state index contributed by atoms with van der Waals surface area (Å²) in [6.45, 7) is 13.4. The standard InChI is InChI=1S/C15H32N4O/c1-6-12(2)13(16)14(20)17-11-15(3,4)19-9-7-18(5)8-10-19/h12-13H,6-11,16H2,1-5H3,(H,17,20)/t12-,13-/m0/s1. The predicted octanol–water partition coefficient (Wildman–Crippen LogP) is 0.502. The lowest BCUT2D eigenvalue weighted by Gasteiger charge is -2.43. The summed E-state index contributed by atoms with van der Waals surface area (Å²) in [6.07, 6.45) is 0.927. The normalized spacial score (nSPS) is 21.5. The molecule has 0 radical (unpaired) electrons. The molecule has 0 aromatic carbocycles. The van der Waals surface area contributed by atoms with Crippen molar-refractivity contribution >= 4 is 5.91 Å². The fraction of sp³-hybridized carbons (Fsp3) is 0.933. The monoisotopic (exact) mass is 284 g/mol. The number of piperazine rings is 1. The molecule has 0 saturated carbocycles. The zero-order valence-electron chi connectivity index (χ0n) is 13.8. The second-order valence-corrected chi connectivity index (χ2v) is 6.73. The molecule has 5 heteroatoms. The van der Waals surface area contributed by atoms with Gasteiger partial charge in [-0.2, -0.15) is 0 Å². The molecule has 3 N–H and O–H groups in total. The highest BCUT2D eigenvalue weighted by atomic mass is 16.2. The Morgan fingerprint density at radius 2 is 1.85 bits per heavy atom. The van der Waals surface area contributed by atoms with E-state index in [0.29, 0.717) is 6.54 Å². The topological polar surface area (TPSA) is 61.6 Å². The Labute approximate surface area is 123 Å². The van der Waals surface area contributed by atoms with Crippen molar-refractivity contribution in [3.8, 4) is 0 Å². The third-order valence-electron chi connectivity index (χ3n) is 4.61. The molecule has 0 aromatic rings. The molecule has 1 rings (SSSR count). The summed E-state index contributed by atoms with van der Waals surface area (Å²) in [4.78, 5) is 16.8. The SMILES string of the molecule is CC[C@H](C)[C@H](N)C(=O)NCC(C)(C)N1CCN(C)CC1. The van der Waals surface area contributed by atoms with Crippen LogP contribution in [0.2, 0.25) is 0 Å². The van der Waals surface area contributed by atoms with Gasteiger partial charge in [-0.1, -0.05) is 20.3 Å². The van der Waals surface area contributed by atoms with Crippen molar-refractivity contribution in [2.75, 3.05) is 39.8 Å². The Balaban J connectivity index is 2.44. The van der Waals surface area contributed by atoms with Crippen LogP contribution in [0, 0.1) is 5.92 Å². The second kappa shape index (κ2) is 7.38. The Morgan fingerprint density at radius 3 is 2.35 bits per heavy atom. The number of carbonyl (C=O) groups is 1. The Bertz CT molecular complexity index is 311. The number of rotatable bonds is 6. The third kappa shape index (κ3) is 4.72. The first-order chi connectivity index (χ1) is 9.27. The van der Waals surface area contributed by atoms with Gasteiger partial charge in [-0.15, -0.1) is 0 Å². The molecule has 1 heterocycles. The highest BCUT2D eigenvalue weighted by Crippen LogP contribution is 2.16. The van der Waals surface area contributed by atoms with Crippen molar-refractivity contribution in [3.63, 3.8) is 0 Å². The van der Waals surface area contributed by atoms with Crippen LogP contribution in [0.15, 0.2) is 0 Å². The van der Waals surface area contributed by atoms with Crippen molar-refractivity contribution in [3.05, 3.63) is 0 Å². The lowest BCUT2D eigenvalue weighted by atomic mass is 9.98. The minimum absolute atomic E-state index is 0.0217. The van der Waals surface area contributed by atoms with Crippen LogP contribution in [0.4, 0.5) is 0 Å². The second-order valence-electron chi connectivity index (χ2n) is 6.73. The van der Waals surface area contributed by atoms with E-state index in [1.807, 2.05) is 6.92 Å². The van der Waals surface area contributed by atoms with Crippen LogP contribution in [0.1, 0.15) is 34.1 Å². The maximum atomic E-state index is 12.1. The van der Waals surface area contributed by atoms with Crippen LogP contribution in [0.5, 0.6) is 0 Å². The molecule has 1 aliphatic rings. The summed E-state index contributed by atoms with van der Waals surface area (Å²) in [5, 5.41) is 3.03. The van der Waals surface area contributed by atoms with Crippen LogP contribution in [-0.2, 0) is 4.79 Å². The summed E-state index contributed by atoms with van der Waals surface area (Å²) in [6, 6.07) is -0.400. The lowest BCUT2D eigenvalue weighted by Crippen LogP contribution is -2.59. The average Bonchev–Trinajstić information content (AvgIpc) is 2.43. The molecular weight excluding hydrogens is 252 g/mol. The summed E-state index contributed by atoms with van der Waals surface area (Å²) < 4.78 is 0. The number of amides is 1. The van der Waals surface area contributed by atoms with Gasteiger partial charge in [0.1, 0.15) is 0 Å². The molecular formula is C15H32N4O. The van der Waals surface area contributed by atoms with Gasteiger partial charge in [-0.25, -0.2) is 0 Å². The van der Waals surface area contributed by atoms with E-state index in [0.717, 1.165) is 32.6 Å². The first-order valence-corrected chi connectivity index (χ1v) is 7.75. The van der Waals surface area contributed by atoms with Gasteiger partial charge >= 0.3 is 0 Å².